The van der Waals surface area contributed by atoms with Gasteiger partial charge in [-0.1, -0.05) is 30.6 Å². The van der Waals surface area contributed by atoms with E-state index in [0.717, 1.165) is 49.9 Å². The van der Waals surface area contributed by atoms with Gasteiger partial charge in [0.25, 0.3) is 5.91 Å². The molecular weight excluding hydrogens is 457 g/mol. The number of fused-ring (bicyclic) bond motifs is 1. The predicted molar refractivity (Wildman–Crippen MR) is 119 cm³/mol. The minimum absolute atomic E-state index is 0.171. The van der Waals surface area contributed by atoms with Crippen LogP contribution in [0.2, 0.25) is 0 Å². The topological polar surface area (TPSA) is 106 Å². The quantitative estimate of drug-likeness (QED) is 0.538. The Balaban J connectivity index is 1.43. The average molecular weight is 485 g/mol. The number of carbonyl (C=O) groups excluding carboxylic acids is 2. The van der Waals surface area contributed by atoms with Gasteiger partial charge in [-0.25, -0.2) is 4.98 Å². The summed E-state index contributed by atoms with van der Waals surface area (Å²) < 4.78 is 41.8. The number of amides is 2. The van der Waals surface area contributed by atoms with Crippen molar-refractivity contribution in [3.63, 3.8) is 0 Å². The van der Waals surface area contributed by atoms with E-state index in [1.54, 1.807) is 0 Å². The highest BCUT2D eigenvalue weighted by Crippen LogP contribution is 2.40. The Kier molecular flexibility index (Phi) is 6.54. The molecule has 33 heavy (non-hydrogen) atoms. The Morgan fingerprint density at radius 1 is 1.12 bits per heavy atom. The van der Waals surface area contributed by atoms with E-state index in [-0.39, 0.29) is 28.1 Å². The second-order valence-electron chi connectivity index (χ2n) is 9.08. The summed E-state index contributed by atoms with van der Waals surface area (Å²) >= 11 is 1.05. The SMILES string of the molecule is NCC1(CC(=O)NC2(C(=O)Nc3nc4ccc(OC(F)(F)F)cc4s3)CCC2)CCCCC1. The molecule has 2 saturated carbocycles. The third-order valence-corrected chi connectivity index (χ3v) is 7.65. The van der Waals surface area contributed by atoms with Crippen LogP contribution in [0.25, 0.3) is 10.2 Å². The zero-order valence-corrected chi connectivity index (χ0v) is 18.9. The molecule has 0 saturated heterocycles. The number of ether oxygens (including phenoxy) is 1. The monoisotopic (exact) mass is 484 g/mol. The van der Waals surface area contributed by atoms with Crippen LogP contribution in [-0.4, -0.2) is 35.2 Å². The van der Waals surface area contributed by atoms with Gasteiger partial charge in [0.2, 0.25) is 5.91 Å². The number of nitrogens with one attached hydrogen (secondary N) is 2. The molecular formula is C22H27F3N4O3S. The van der Waals surface area contributed by atoms with Crippen molar-refractivity contribution in [1.82, 2.24) is 10.3 Å². The van der Waals surface area contributed by atoms with Crippen LogP contribution < -0.4 is 21.1 Å². The lowest BCUT2D eigenvalue weighted by atomic mass is 9.71. The van der Waals surface area contributed by atoms with Gasteiger partial charge in [-0.2, -0.15) is 0 Å². The number of aromatic nitrogens is 1. The smallest absolute Gasteiger partial charge is 0.406 e. The highest BCUT2D eigenvalue weighted by atomic mass is 32.1. The molecule has 0 spiro atoms. The van der Waals surface area contributed by atoms with Gasteiger partial charge < -0.3 is 15.8 Å². The predicted octanol–water partition coefficient (Wildman–Crippen LogP) is 4.47. The van der Waals surface area contributed by atoms with Crippen molar-refractivity contribution in [3.8, 4) is 5.75 Å². The Bertz CT molecular complexity index is 1030. The first-order chi connectivity index (χ1) is 15.6. The molecule has 4 rings (SSSR count). The van der Waals surface area contributed by atoms with E-state index in [9.17, 15) is 22.8 Å². The van der Waals surface area contributed by atoms with E-state index in [2.05, 4.69) is 20.4 Å². The average Bonchev–Trinajstić information content (AvgIpc) is 3.11. The number of hydrogen-bond donors (Lipinski definition) is 3. The highest BCUT2D eigenvalue weighted by molar-refractivity contribution is 7.22. The molecule has 0 bridgehead atoms. The maximum atomic E-state index is 13.1. The van der Waals surface area contributed by atoms with Crippen LogP contribution in [0.15, 0.2) is 18.2 Å². The fourth-order valence-corrected chi connectivity index (χ4v) is 5.61. The van der Waals surface area contributed by atoms with Crippen molar-refractivity contribution < 1.29 is 27.5 Å². The van der Waals surface area contributed by atoms with E-state index in [4.69, 9.17) is 5.73 Å². The standard InChI is InChI=1S/C22H27F3N4O3S/c23-22(24,25)32-14-5-6-15-16(11-14)33-19(27-15)28-18(31)21(9-4-10-21)29-17(30)12-20(13-26)7-2-1-3-8-20/h5-6,11H,1-4,7-10,12-13,26H2,(H,29,30)(H,27,28,31). The molecule has 2 aliphatic carbocycles. The molecule has 4 N–H and O–H groups in total. The van der Waals surface area contributed by atoms with Crippen LogP contribution in [0.1, 0.15) is 57.8 Å². The Morgan fingerprint density at radius 2 is 1.85 bits per heavy atom. The first kappa shape index (κ1) is 23.7. The van der Waals surface area contributed by atoms with Crippen molar-refractivity contribution in [1.29, 1.82) is 0 Å². The van der Waals surface area contributed by atoms with Crippen molar-refractivity contribution in [2.24, 2.45) is 11.1 Å². The van der Waals surface area contributed by atoms with E-state index < -0.39 is 11.9 Å². The van der Waals surface area contributed by atoms with Gasteiger partial charge in [0, 0.05) is 12.5 Å². The summed E-state index contributed by atoms with van der Waals surface area (Å²) in [7, 11) is 0. The van der Waals surface area contributed by atoms with Gasteiger partial charge in [0.05, 0.1) is 10.2 Å². The minimum Gasteiger partial charge on any atom is -0.406 e. The van der Waals surface area contributed by atoms with Gasteiger partial charge in [-0.15, -0.1) is 13.2 Å². The summed E-state index contributed by atoms with van der Waals surface area (Å²) in [4.78, 5) is 30.2. The summed E-state index contributed by atoms with van der Waals surface area (Å²) in [5, 5.41) is 5.95. The fourth-order valence-electron chi connectivity index (χ4n) is 4.72. The van der Waals surface area contributed by atoms with Crippen LogP contribution in [0.4, 0.5) is 18.3 Å². The van der Waals surface area contributed by atoms with Crippen molar-refractivity contribution in [2.75, 3.05) is 11.9 Å². The number of thiazole rings is 1. The maximum absolute atomic E-state index is 13.1. The number of nitrogens with two attached hydrogens (primary N) is 1. The lowest BCUT2D eigenvalue weighted by Crippen LogP contribution is -2.61. The number of hydrogen-bond acceptors (Lipinski definition) is 6. The number of nitrogens with zero attached hydrogens (tertiary/aromatic N) is 1. The third-order valence-electron chi connectivity index (χ3n) is 6.72. The number of benzene rings is 1. The number of alkyl halides is 3. The summed E-state index contributed by atoms with van der Waals surface area (Å²) in [6.07, 6.45) is 2.49. The second-order valence-corrected chi connectivity index (χ2v) is 10.1. The molecule has 0 aliphatic heterocycles. The lowest BCUT2D eigenvalue weighted by Gasteiger charge is -2.42. The third kappa shape index (κ3) is 5.40. The molecule has 180 valence electrons. The number of halogens is 3. The number of rotatable bonds is 7. The van der Waals surface area contributed by atoms with E-state index >= 15 is 0 Å². The Morgan fingerprint density at radius 3 is 2.45 bits per heavy atom. The lowest BCUT2D eigenvalue weighted by molar-refractivity contribution is -0.274. The summed E-state index contributed by atoms with van der Waals surface area (Å²) in [5.74, 6) is -0.885. The zero-order chi connectivity index (χ0) is 23.7. The molecule has 7 nitrogen and oxygen atoms in total. The maximum Gasteiger partial charge on any atom is 0.573 e. The first-order valence-electron chi connectivity index (χ1n) is 11.1. The van der Waals surface area contributed by atoms with Gasteiger partial charge in [-0.3, -0.25) is 14.9 Å². The van der Waals surface area contributed by atoms with Crippen molar-refractivity contribution in [2.45, 2.75) is 69.7 Å². The minimum atomic E-state index is -4.79. The van der Waals surface area contributed by atoms with Crippen molar-refractivity contribution in [3.05, 3.63) is 18.2 Å². The van der Waals surface area contributed by atoms with E-state index in [1.807, 2.05) is 0 Å². The molecule has 11 heteroatoms. The normalized spacial score (nSPS) is 19.5. The molecule has 2 fully saturated rings. The Labute approximate surface area is 193 Å². The van der Waals surface area contributed by atoms with E-state index in [1.165, 1.54) is 18.2 Å². The Hall–Kier alpha value is -2.40. The molecule has 2 amide bonds. The van der Waals surface area contributed by atoms with Gasteiger partial charge in [0.1, 0.15) is 11.3 Å². The highest BCUT2D eigenvalue weighted by Gasteiger charge is 2.46. The molecule has 0 radical (unpaired) electrons. The number of anilines is 1. The van der Waals surface area contributed by atoms with Crippen LogP contribution in [0.3, 0.4) is 0 Å². The summed E-state index contributed by atoms with van der Waals surface area (Å²) in [6, 6.07) is 3.81. The molecule has 0 unspecified atom stereocenters. The first-order valence-corrected chi connectivity index (χ1v) is 11.9. The van der Waals surface area contributed by atoms with Crippen LogP contribution >= 0.6 is 11.3 Å². The molecule has 2 aliphatic rings. The molecule has 1 aromatic carbocycles. The van der Waals surface area contributed by atoms with Gasteiger partial charge in [-0.05, 0) is 56.2 Å². The summed E-state index contributed by atoms with van der Waals surface area (Å²) in [6.45, 7) is 0.450. The fraction of sp³-hybridized carbons (Fsp3) is 0.591. The molecule has 0 atom stereocenters. The number of carbonyl (C=O) groups is 2. The van der Waals surface area contributed by atoms with Crippen LogP contribution in [0.5, 0.6) is 5.75 Å². The largest absolute Gasteiger partial charge is 0.573 e. The van der Waals surface area contributed by atoms with Crippen molar-refractivity contribution >= 4 is 38.5 Å². The van der Waals surface area contributed by atoms with Gasteiger partial charge in [0.15, 0.2) is 5.13 Å². The van der Waals surface area contributed by atoms with Crippen LogP contribution in [-0.2, 0) is 9.59 Å². The van der Waals surface area contributed by atoms with Gasteiger partial charge >= 0.3 is 6.36 Å². The zero-order valence-electron chi connectivity index (χ0n) is 18.1. The second kappa shape index (κ2) is 9.09. The molecule has 1 heterocycles. The van der Waals surface area contributed by atoms with E-state index in [0.29, 0.717) is 36.0 Å². The molecule has 1 aromatic heterocycles. The molecule has 2 aromatic rings. The van der Waals surface area contributed by atoms with Crippen LogP contribution in [0, 0.1) is 5.41 Å². The summed E-state index contributed by atoms with van der Waals surface area (Å²) in [5.41, 5.74) is 5.25.